The quantitative estimate of drug-likeness (QED) is 0.444. The van der Waals surface area contributed by atoms with Crippen molar-refractivity contribution in [2.24, 2.45) is 0 Å². The largest absolute Gasteiger partial charge is 0.352 e. The summed E-state index contributed by atoms with van der Waals surface area (Å²) in [5, 5.41) is 5.83. The number of aromatic nitrogens is 2. The Balaban J connectivity index is 1.64. The van der Waals surface area contributed by atoms with Crippen LogP contribution < -0.4 is 21.2 Å². The van der Waals surface area contributed by atoms with Crippen molar-refractivity contribution in [3.8, 4) is 0 Å². The molecule has 1 amide bonds. The van der Waals surface area contributed by atoms with E-state index in [-0.39, 0.29) is 42.8 Å². The Bertz CT molecular complexity index is 1340. The van der Waals surface area contributed by atoms with E-state index in [0.29, 0.717) is 21.9 Å². The van der Waals surface area contributed by atoms with Gasteiger partial charge in [0, 0.05) is 19.0 Å². The van der Waals surface area contributed by atoms with Crippen LogP contribution in [0.3, 0.4) is 0 Å². The molecule has 1 heterocycles. The van der Waals surface area contributed by atoms with Crippen LogP contribution in [0, 0.1) is 0 Å². The number of fused-ring (bicyclic) bond motifs is 1. The molecule has 0 aliphatic rings. The summed E-state index contributed by atoms with van der Waals surface area (Å²) in [4.78, 5) is 37.0. The molecule has 3 rings (SSSR count). The molecule has 0 saturated carbocycles. The Kier molecular flexibility index (Phi) is 7.26. The maximum absolute atomic E-state index is 12.5. The zero-order chi connectivity index (χ0) is 23.3. The molecule has 32 heavy (non-hydrogen) atoms. The van der Waals surface area contributed by atoms with Gasteiger partial charge < -0.3 is 5.32 Å². The molecular weight excluding hydrogens is 432 g/mol. The molecule has 170 valence electrons. The first kappa shape index (κ1) is 23.4. The number of nitrogens with one attached hydrogen (secondary N) is 3. The molecule has 2 aromatic carbocycles. The molecule has 0 saturated heterocycles. The fourth-order valence-corrected chi connectivity index (χ4v) is 4.87. The predicted molar refractivity (Wildman–Crippen MR) is 123 cm³/mol. The van der Waals surface area contributed by atoms with Gasteiger partial charge in [0.15, 0.2) is 0 Å². The van der Waals surface area contributed by atoms with E-state index in [1.807, 2.05) is 0 Å². The van der Waals surface area contributed by atoms with Crippen LogP contribution in [0.2, 0.25) is 0 Å². The molecule has 0 fully saturated rings. The third kappa shape index (κ3) is 5.92. The van der Waals surface area contributed by atoms with Gasteiger partial charge in [0.25, 0.3) is 11.1 Å². The molecule has 10 heteroatoms. The lowest BCUT2D eigenvalue weighted by Gasteiger charge is -2.13. The van der Waals surface area contributed by atoms with E-state index in [0.717, 1.165) is 4.68 Å². The third-order valence-electron chi connectivity index (χ3n) is 4.80. The number of carbonyl (C=O) groups is 1. The zero-order valence-electron chi connectivity index (χ0n) is 17.9. The first-order chi connectivity index (χ1) is 15.2. The Hall–Kier alpha value is -3.24. The van der Waals surface area contributed by atoms with Gasteiger partial charge in [0.05, 0.1) is 23.1 Å². The number of nitrogens with zero attached hydrogens (tertiary/aromatic N) is 1. The van der Waals surface area contributed by atoms with Gasteiger partial charge in [-0.25, -0.2) is 17.8 Å². The van der Waals surface area contributed by atoms with Crippen molar-refractivity contribution in [2.75, 3.05) is 0 Å². The summed E-state index contributed by atoms with van der Waals surface area (Å²) in [6.45, 7) is 3.66. The minimum Gasteiger partial charge on any atom is -0.352 e. The molecule has 0 aliphatic carbocycles. The van der Waals surface area contributed by atoms with E-state index in [2.05, 4.69) is 15.1 Å². The van der Waals surface area contributed by atoms with Crippen LogP contribution >= 0.6 is 0 Å². The minimum atomic E-state index is -3.50. The fourth-order valence-electron chi connectivity index (χ4n) is 3.38. The number of carbonyl (C=O) groups excluding carboxylic acids is 1. The number of aryl methyl sites for hydroxylation is 1. The first-order valence-electron chi connectivity index (χ1n) is 10.2. The van der Waals surface area contributed by atoms with Crippen LogP contribution in [0.1, 0.15) is 31.4 Å². The van der Waals surface area contributed by atoms with E-state index in [1.165, 1.54) is 0 Å². The summed E-state index contributed by atoms with van der Waals surface area (Å²) < 4.78 is 28.2. The fraction of sp³-hybridized carbons (Fsp3) is 0.318. The molecule has 0 aliphatic heterocycles. The highest BCUT2D eigenvalue weighted by Crippen LogP contribution is 2.12. The Labute approximate surface area is 185 Å². The van der Waals surface area contributed by atoms with Gasteiger partial charge in [0.1, 0.15) is 0 Å². The normalized spacial score (nSPS) is 11.7. The molecule has 9 nitrogen and oxygen atoms in total. The highest BCUT2D eigenvalue weighted by atomic mass is 32.2. The predicted octanol–water partition coefficient (Wildman–Crippen LogP) is 1.22. The summed E-state index contributed by atoms with van der Waals surface area (Å²) in [7, 11) is -3.50. The molecule has 1 aromatic heterocycles. The number of hydrogen-bond acceptors (Lipinski definition) is 5. The van der Waals surface area contributed by atoms with Crippen molar-refractivity contribution in [3.05, 3.63) is 80.4 Å². The SMILES string of the molecule is CC(C)NS(=O)(=O)Cc1ccccc1CNC(=O)CCn1[nH]c(=O)c2ccccc2c1=O. The maximum Gasteiger partial charge on any atom is 0.273 e. The number of sulfonamides is 1. The van der Waals surface area contributed by atoms with Crippen molar-refractivity contribution < 1.29 is 13.2 Å². The number of H-pyrrole nitrogens is 1. The van der Waals surface area contributed by atoms with Crippen molar-refractivity contribution in [1.82, 2.24) is 19.8 Å². The van der Waals surface area contributed by atoms with Gasteiger partial charge in [-0.1, -0.05) is 36.4 Å². The number of amides is 1. The third-order valence-corrected chi connectivity index (χ3v) is 6.32. The number of benzene rings is 2. The van der Waals surface area contributed by atoms with Gasteiger partial charge in [-0.05, 0) is 37.1 Å². The Morgan fingerprint density at radius 1 is 1.00 bits per heavy atom. The second-order valence-corrected chi connectivity index (χ2v) is 9.52. The Morgan fingerprint density at radius 2 is 1.62 bits per heavy atom. The highest BCUT2D eigenvalue weighted by molar-refractivity contribution is 7.88. The second-order valence-electron chi connectivity index (χ2n) is 7.77. The van der Waals surface area contributed by atoms with Crippen molar-refractivity contribution in [1.29, 1.82) is 0 Å². The van der Waals surface area contributed by atoms with Crippen LogP contribution in [0.5, 0.6) is 0 Å². The second kappa shape index (κ2) is 9.92. The van der Waals surface area contributed by atoms with Gasteiger partial charge in [-0.2, -0.15) is 0 Å². The van der Waals surface area contributed by atoms with E-state index >= 15 is 0 Å². The summed E-state index contributed by atoms with van der Waals surface area (Å²) in [6, 6.07) is 13.3. The molecule has 0 unspecified atom stereocenters. The number of rotatable bonds is 9. The molecule has 0 bridgehead atoms. The van der Waals surface area contributed by atoms with Gasteiger partial charge in [-0.15, -0.1) is 0 Å². The Morgan fingerprint density at radius 3 is 2.31 bits per heavy atom. The lowest BCUT2D eigenvalue weighted by atomic mass is 10.1. The van der Waals surface area contributed by atoms with Gasteiger partial charge in [-0.3, -0.25) is 19.5 Å². The highest BCUT2D eigenvalue weighted by Gasteiger charge is 2.16. The number of aromatic amines is 1. The maximum atomic E-state index is 12.5. The van der Waals surface area contributed by atoms with Crippen molar-refractivity contribution in [3.63, 3.8) is 0 Å². The van der Waals surface area contributed by atoms with Crippen molar-refractivity contribution >= 4 is 26.7 Å². The van der Waals surface area contributed by atoms with Crippen molar-refractivity contribution in [2.45, 2.75) is 45.2 Å². The topological polar surface area (TPSA) is 130 Å². The van der Waals surface area contributed by atoms with Crippen LogP contribution in [0.4, 0.5) is 0 Å². The standard InChI is InChI=1S/C22H26N4O5S/c1-15(2)25-32(30,31)14-17-8-4-3-7-16(17)13-23-20(27)11-12-26-22(29)19-10-6-5-9-18(19)21(28)24-26/h3-10,15,25H,11-14H2,1-2H3,(H,23,27)(H,24,28). The lowest BCUT2D eigenvalue weighted by molar-refractivity contribution is -0.121. The summed E-state index contributed by atoms with van der Waals surface area (Å²) in [5.74, 6) is -0.519. The van der Waals surface area contributed by atoms with Gasteiger partial charge in [0.2, 0.25) is 15.9 Å². The van der Waals surface area contributed by atoms with E-state index in [9.17, 15) is 22.8 Å². The summed E-state index contributed by atoms with van der Waals surface area (Å²) >= 11 is 0. The smallest absolute Gasteiger partial charge is 0.273 e. The molecule has 0 atom stereocenters. The van der Waals surface area contributed by atoms with E-state index in [4.69, 9.17) is 0 Å². The average Bonchev–Trinajstić information content (AvgIpc) is 2.73. The van der Waals surface area contributed by atoms with Gasteiger partial charge >= 0.3 is 0 Å². The zero-order valence-corrected chi connectivity index (χ0v) is 18.7. The monoisotopic (exact) mass is 458 g/mol. The minimum absolute atomic E-state index is 0.0130. The van der Waals surface area contributed by atoms with Crippen LogP contribution in [-0.4, -0.2) is 30.1 Å². The van der Waals surface area contributed by atoms with Crippen LogP contribution in [0.15, 0.2) is 58.1 Å². The molecule has 3 aromatic rings. The molecular formula is C22H26N4O5S. The lowest BCUT2D eigenvalue weighted by Crippen LogP contribution is -2.33. The summed E-state index contributed by atoms with van der Waals surface area (Å²) in [5.41, 5.74) is 0.509. The van der Waals surface area contributed by atoms with E-state index < -0.39 is 15.6 Å². The molecule has 0 radical (unpaired) electrons. The molecule has 0 spiro atoms. The number of hydrogen-bond donors (Lipinski definition) is 3. The van der Waals surface area contributed by atoms with Crippen LogP contribution in [0.25, 0.3) is 10.8 Å². The first-order valence-corrected chi connectivity index (χ1v) is 11.9. The van der Waals surface area contributed by atoms with Crippen LogP contribution in [-0.2, 0) is 33.7 Å². The molecule has 3 N–H and O–H groups in total. The summed E-state index contributed by atoms with van der Waals surface area (Å²) in [6.07, 6.45) is -0.0242. The average molecular weight is 459 g/mol. The van der Waals surface area contributed by atoms with E-state index in [1.54, 1.807) is 62.4 Å².